The monoisotopic (exact) mass is 299 g/mol. The number of rotatable bonds is 4. The molecule has 2 aromatic rings. The smallest absolute Gasteiger partial charge is 0.272 e. The standard InChI is InChI=1S/C15H17N5O2/c21-15(12-4-3-6-19-20-12)18-10-11-8-16-14(17-9-11)13-5-1-2-7-22-13/h3-4,6,8-9,13H,1-2,5,7,10H2,(H,18,21)/t13-/m0/s1. The van der Waals surface area contributed by atoms with Crippen molar-refractivity contribution in [3.63, 3.8) is 0 Å². The zero-order valence-corrected chi connectivity index (χ0v) is 12.1. The number of aromatic nitrogens is 4. The van der Waals surface area contributed by atoms with E-state index in [1.54, 1.807) is 24.5 Å². The summed E-state index contributed by atoms with van der Waals surface area (Å²) in [5.74, 6) is 0.441. The Bertz CT molecular complexity index is 612. The third-order valence-electron chi connectivity index (χ3n) is 3.45. The molecule has 0 radical (unpaired) electrons. The lowest BCUT2D eigenvalue weighted by molar-refractivity contribution is 0.00940. The van der Waals surface area contributed by atoms with Crippen LogP contribution in [0, 0.1) is 0 Å². The van der Waals surface area contributed by atoms with Crippen LogP contribution < -0.4 is 5.32 Å². The van der Waals surface area contributed by atoms with Gasteiger partial charge in [-0.2, -0.15) is 5.10 Å². The van der Waals surface area contributed by atoms with E-state index in [0.717, 1.165) is 31.4 Å². The summed E-state index contributed by atoms with van der Waals surface area (Å²) in [6.45, 7) is 1.12. The average Bonchev–Trinajstić information content (AvgIpc) is 2.61. The van der Waals surface area contributed by atoms with Gasteiger partial charge in [0, 0.05) is 37.3 Å². The third-order valence-corrected chi connectivity index (χ3v) is 3.45. The van der Waals surface area contributed by atoms with Gasteiger partial charge in [-0.15, -0.1) is 5.10 Å². The second-order valence-corrected chi connectivity index (χ2v) is 5.10. The predicted octanol–water partition coefficient (Wildman–Crippen LogP) is 1.44. The Morgan fingerprint density at radius 3 is 2.86 bits per heavy atom. The van der Waals surface area contributed by atoms with Gasteiger partial charge in [-0.3, -0.25) is 4.79 Å². The van der Waals surface area contributed by atoms with E-state index in [1.807, 2.05) is 0 Å². The number of ether oxygens (including phenoxy) is 1. The molecular formula is C15H17N5O2. The third kappa shape index (κ3) is 3.62. The molecule has 0 spiro atoms. The number of carbonyl (C=O) groups excluding carboxylic acids is 1. The Balaban J connectivity index is 1.56. The molecule has 1 saturated heterocycles. The molecule has 1 aliphatic rings. The van der Waals surface area contributed by atoms with Crippen LogP contribution in [0.2, 0.25) is 0 Å². The lowest BCUT2D eigenvalue weighted by Crippen LogP contribution is -2.24. The largest absolute Gasteiger partial charge is 0.370 e. The molecule has 1 fully saturated rings. The molecule has 0 saturated carbocycles. The van der Waals surface area contributed by atoms with Crippen LogP contribution in [-0.2, 0) is 11.3 Å². The minimum Gasteiger partial charge on any atom is -0.370 e. The molecule has 0 aromatic carbocycles. The van der Waals surface area contributed by atoms with E-state index < -0.39 is 0 Å². The highest BCUT2D eigenvalue weighted by Crippen LogP contribution is 2.24. The van der Waals surface area contributed by atoms with Gasteiger partial charge in [0.15, 0.2) is 11.5 Å². The summed E-state index contributed by atoms with van der Waals surface area (Å²) < 4.78 is 5.65. The van der Waals surface area contributed by atoms with Gasteiger partial charge in [-0.05, 0) is 31.4 Å². The minimum absolute atomic E-state index is 0.00279. The fourth-order valence-electron chi connectivity index (χ4n) is 2.26. The van der Waals surface area contributed by atoms with E-state index >= 15 is 0 Å². The zero-order chi connectivity index (χ0) is 15.2. The maximum absolute atomic E-state index is 11.9. The first-order valence-electron chi connectivity index (χ1n) is 7.31. The Labute approximate surface area is 128 Å². The highest BCUT2D eigenvalue weighted by atomic mass is 16.5. The summed E-state index contributed by atoms with van der Waals surface area (Å²) in [7, 11) is 0. The maximum Gasteiger partial charge on any atom is 0.272 e. The molecular weight excluding hydrogens is 282 g/mol. The highest BCUT2D eigenvalue weighted by molar-refractivity contribution is 5.91. The van der Waals surface area contributed by atoms with Crippen molar-refractivity contribution in [3.05, 3.63) is 47.8 Å². The van der Waals surface area contributed by atoms with Crippen molar-refractivity contribution in [2.75, 3.05) is 6.61 Å². The number of nitrogens with zero attached hydrogens (tertiary/aromatic N) is 4. The Morgan fingerprint density at radius 2 is 2.18 bits per heavy atom. The molecule has 0 aliphatic carbocycles. The molecule has 114 valence electrons. The topological polar surface area (TPSA) is 89.9 Å². The van der Waals surface area contributed by atoms with Crippen molar-refractivity contribution in [1.29, 1.82) is 0 Å². The van der Waals surface area contributed by atoms with Crippen molar-refractivity contribution in [3.8, 4) is 0 Å². The van der Waals surface area contributed by atoms with Gasteiger partial charge in [-0.1, -0.05) is 0 Å². The second kappa shape index (κ2) is 7.04. The van der Waals surface area contributed by atoms with Crippen LogP contribution in [0.5, 0.6) is 0 Å². The molecule has 3 rings (SSSR count). The number of amides is 1. The predicted molar refractivity (Wildman–Crippen MR) is 77.8 cm³/mol. The summed E-state index contributed by atoms with van der Waals surface area (Å²) in [5.41, 5.74) is 1.12. The van der Waals surface area contributed by atoms with E-state index in [9.17, 15) is 4.79 Å². The molecule has 1 aliphatic heterocycles. The van der Waals surface area contributed by atoms with Crippen molar-refractivity contribution >= 4 is 5.91 Å². The van der Waals surface area contributed by atoms with E-state index in [-0.39, 0.29) is 17.7 Å². The van der Waals surface area contributed by atoms with Crippen LogP contribution in [0.15, 0.2) is 30.7 Å². The summed E-state index contributed by atoms with van der Waals surface area (Å²) >= 11 is 0. The maximum atomic E-state index is 11.9. The van der Waals surface area contributed by atoms with Crippen molar-refractivity contribution in [1.82, 2.24) is 25.5 Å². The summed E-state index contributed by atoms with van der Waals surface area (Å²) in [6.07, 6.45) is 8.16. The second-order valence-electron chi connectivity index (χ2n) is 5.10. The Kier molecular flexibility index (Phi) is 4.65. The molecule has 1 N–H and O–H groups in total. The van der Waals surface area contributed by atoms with Gasteiger partial charge in [0.2, 0.25) is 0 Å². The number of carbonyl (C=O) groups is 1. The first kappa shape index (κ1) is 14.5. The first-order chi connectivity index (χ1) is 10.8. The van der Waals surface area contributed by atoms with Crippen molar-refractivity contribution in [2.45, 2.75) is 31.9 Å². The lowest BCUT2D eigenvalue weighted by atomic mass is 10.1. The Hall–Kier alpha value is -2.41. The van der Waals surface area contributed by atoms with E-state index in [1.165, 1.54) is 6.20 Å². The molecule has 22 heavy (non-hydrogen) atoms. The van der Waals surface area contributed by atoms with Crippen LogP contribution in [0.1, 0.15) is 47.2 Å². The normalized spacial score (nSPS) is 17.9. The molecule has 1 amide bonds. The summed E-state index contributed by atoms with van der Waals surface area (Å²) in [6, 6.07) is 3.28. The molecule has 0 bridgehead atoms. The molecule has 7 heteroatoms. The summed E-state index contributed by atoms with van der Waals surface area (Å²) in [4.78, 5) is 20.5. The van der Waals surface area contributed by atoms with Crippen LogP contribution in [0.4, 0.5) is 0 Å². The van der Waals surface area contributed by atoms with Gasteiger partial charge in [-0.25, -0.2) is 9.97 Å². The van der Waals surface area contributed by atoms with Crippen molar-refractivity contribution in [2.24, 2.45) is 0 Å². The molecule has 1 atom stereocenters. The van der Waals surface area contributed by atoms with Gasteiger partial charge in [0.1, 0.15) is 6.10 Å². The SMILES string of the molecule is O=C(NCc1cnc([C@@H]2CCCCO2)nc1)c1cccnn1. The molecule has 3 heterocycles. The van der Waals surface area contributed by atoms with Crippen LogP contribution in [0.25, 0.3) is 0 Å². The summed E-state index contributed by atoms with van der Waals surface area (Å²) in [5, 5.41) is 10.2. The fraction of sp³-hybridized carbons (Fsp3) is 0.400. The zero-order valence-electron chi connectivity index (χ0n) is 12.1. The van der Waals surface area contributed by atoms with Crippen molar-refractivity contribution < 1.29 is 9.53 Å². The lowest BCUT2D eigenvalue weighted by Gasteiger charge is -2.21. The first-order valence-corrected chi connectivity index (χ1v) is 7.31. The molecule has 0 unspecified atom stereocenters. The Morgan fingerprint density at radius 1 is 1.32 bits per heavy atom. The molecule has 7 nitrogen and oxygen atoms in total. The van der Waals surface area contributed by atoms with Crippen LogP contribution in [-0.4, -0.2) is 32.7 Å². The van der Waals surface area contributed by atoms with E-state index in [0.29, 0.717) is 12.4 Å². The quantitative estimate of drug-likeness (QED) is 0.918. The van der Waals surface area contributed by atoms with E-state index in [2.05, 4.69) is 25.5 Å². The van der Waals surface area contributed by atoms with Crippen LogP contribution in [0.3, 0.4) is 0 Å². The molecule has 2 aromatic heterocycles. The number of hydrogen-bond donors (Lipinski definition) is 1. The fourth-order valence-corrected chi connectivity index (χ4v) is 2.26. The van der Waals surface area contributed by atoms with Gasteiger partial charge >= 0.3 is 0 Å². The minimum atomic E-state index is -0.271. The highest BCUT2D eigenvalue weighted by Gasteiger charge is 2.18. The number of hydrogen-bond acceptors (Lipinski definition) is 6. The van der Waals surface area contributed by atoms with Gasteiger partial charge in [0.05, 0.1) is 0 Å². The van der Waals surface area contributed by atoms with Crippen LogP contribution >= 0.6 is 0 Å². The van der Waals surface area contributed by atoms with E-state index in [4.69, 9.17) is 4.74 Å². The average molecular weight is 299 g/mol. The van der Waals surface area contributed by atoms with Gasteiger partial charge in [0.25, 0.3) is 5.91 Å². The number of nitrogens with one attached hydrogen (secondary N) is 1. The van der Waals surface area contributed by atoms with Gasteiger partial charge < -0.3 is 10.1 Å².